The first-order valence-electron chi connectivity index (χ1n) is 9.53. The fourth-order valence-electron chi connectivity index (χ4n) is 3.68. The maximum Gasteiger partial charge on any atom is 0.248 e. The van der Waals surface area contributed by atoms with E-state index in [1.165, 1.54) is 0 Å². The van der Waals surface area contributed by atoms with Crippen molar-refractivity contribution in [1.29, 1.82) is 0 Å². The van der Waals surface area contributed by atoms with Crippen molar-refractivity contribution in [1.82, 2.24) is 19.1 Å². The van der Waals surface area contributed by atoms with Crippen molar-refractivity contribution in [2.45, 2.75) is 20.0 Å². The molecule has 0 aliphatic carbocycles. The number of aryl methyl sites for hydroxylation is 1. The summed E-state index contributed by atoms with van der Waals surface area (Å²) in [6, 6.07) is 8.40. The number of nitrogens with zero attached hydrogens (tertiary/aromatic N) is 4. The smallest absolute Gasteiger partial charge is 0.248 e. The van der Waals surface area contributed by atoms with Crippen LogP contribution in [0.3, 0.4) is 0 Å². The molecule has 2 aromatic heterocycles. The number of benzene rings is 2. The number of hydrogen-bond donors (Lipinski definition) is 4. The van der Waals surface area contributed by atoms with Crippen molar-refractivity contribution in [3.8, 4) is 0 Å². The lowest BCUT2D eigenvalue weighted by atomic mass is 10.1. The Hall–Kier alpha value is -4.34. The maximum atomic E-state index is 11.5. The molecule has 0 radical (unpaired) electrons. The minimum atomic E-state index is -0.515. The molecule has 0 saturated carbocycles. The van der Waals surface area contributed by atoms with E-state index in [4.69, 9.17) is 22.9 Å². The summed E-state index contributed by atoms with van der Waals surface area (Å²) in [4.78, 5) is 31.5. The number of nitrogens with two attached hydrogens (primary N) is 4. The lowest BCUT2D eigenvalue weighted by molar-refractivity contribution is 0.0992. The number of carbonyl (C=O) groups excluding carboxylic acids is 2. The Balaban J connectivity index is 1.58. The van der Waals surface area contributed by atoms with Gasteiger partial charge in [0.25, 0.3) is 0 Å². The van der Waals surface area contributed by atoms with Crippen molar-refractivity contribution in [2.75, 3.05) is 11.5 Å². The molecule has 2 aromatic carbocycles. The molecule has 0 atom stereocenters. The number of nitrogen functional groups attached to an aromatic ring is 2. The number of carbonyl (C=O) groups is 2. The first-order valence-corrected chi connectivity index (χ1v) is 9.53. The Labute approximate surface area is 177 Å². The summed E-state index contributed by atoms with van der Waals surface area (Å²) in [6.07, 6.45) is 3.89. The van der Waals surface area contributed by atoms with Gasteiger partial charge in [0, 0.05) is 24.2 Å². The number of fused-ring (bicyclic) bond motifs is 2. The van der Waals surface area contributed by atoms with Gasteiger partial charge in [-0.05, 0) is 42.8 Å². The van der Waals surface area contributed by atoms with Gasteiger partial charge >= 0.3 is 0 Å². The third-order valence-electron chi connectivity index (χ3n) is 5.15. The summed E-state index contributed by atoms with van der Waals surface area (Å²) >= 11 is 0. The largest absolute Gasteiger partial charge is 0.369 e. The third-order valence-corrected chi connectivity index (χ3v) is 5.15. The van der Waals surface area contributed by atoms with Crippen LogP contribution in [-0.4, -0.2) is 30.9 Å². The molecule has 10 heteroatoms. The maximum absolute atomic E-state index is 11.5. The molecule has 4 aromatic rings. The molecule has 10 nitrogen and oxygen atoms in total. The van der Waals surface area contributed by atoms with Gasteiger partial charge in [-0.2, -0.15) is 0 Å². The standard InChI is InChI=1S/C21H22N8O2/c1-11-8-13(19(23)31)10-15-17(11)29(21(25)27-15)7-3-2-6-28-16-5-4-12(18(22)30)9-14(16)26-20(28)24/h2-5,8-10H,6-7H2,1H3,(H2,22,30)(H2,23,31)(H2,24,26)(H2,25,27)/b3-2+. The molecule has 31 heavy (non-hydrogen) atoms. The lowest BCUT2D eigenvalue weighted by Crippen LogP contribution is -2.11. The second-order valence-corrected chi connectivity index (χ2v) is 7.23. The van der Waals surface area contributed by atoms with Gasteiger partial charge in [0.05, 0.1) is 22.1 Å². The van der Waals surface area contributed by atoms with Crippen LogP contribution in [0, 0.1) is 6.92 Å². The zero-order chi connectivity index (χ0) is 22.3. The number of amides is 2. The van der Waals surface area contributed by atoms with Gasteiger partial charge in [-0.1, -0.05) is 12.2 Å². The molecule has 0 spiro atoms. The van der Waals surface area contributed by atoms with E-state index >= 15 is 0 Å². The van der Waals surface area contributed by atoms with Crippen LogP contribution in [0.5, 0.6) is 0 Å². The molecule has 0 saturated heterocycles. The Morgan fingerprint density at radius 2 is 1.45 bits per heavy atom. The minimum Gasteiger partial charge on any atom is -0.369 e. The van der Waals surface area contributed by atoms with E-state index in [0.29, 0.717) is 47.1 Å². The normalized spacial score (nSPS) is 11.6. The number of primary amides is 2. The highest BCUT2D eigenvalue weighted by Gasteiger charge is 2.13. The molecule has 0 fully saturated rings. The summed E-state index contributed by atoms with van der Waals surface area (Å²) in [5.74, 6) is -0.343. The number of allylic oxidation sites excluding steroid dienone is 2. The van der Waals surface area contributed by atoms with Crippen LogP contribution in [0.1, 0.15) is 26.3 Å². The number of imidazole rings is 2. The fourth-order valence-corrected chi connectivity index (χ4v) is 3.68. The Morgan fingerprint density at radius 3 is 2.13 bits per heavy atom. The molecule has 2 heterocycles. The lowest BCUT2D eigenvalue weighted by Gasteiger charge is -2.07. The van der Waals surface area contributed by atoms with Crippen LogP contribution in [0.4, 0.5) is 11.9 Å². The van der Waals surface area contributed by atoms with E-state index in [1.807, 2.05) is 28.2 Å². The number of hydrogen-bond acceptors (Lipinski definition) is 6. The molecule has 8 N–H and O–H groups in total. The minimum absolute atomic E-state index is 0.337. The third kappa shape index (κ3) is 3.54. The highest BCUT2D eigenvalue weighted by molar-refractivity contribution is 5.98. The molecule has 4 rings (SSSR count). The van der Waals surface area contributed by atoms with Gasteiger partial charge in [-0.15, -0.1) is 0 Å². The van der Waals surface area contributed by atoms with Gasteiger partial charge in [0.2, 0.25) is 23.7 Å². The van der Waals surface area contributed by atoms with Crippen molar-refractivity contribution in [3.05, 3.63) is 59.2 Å². The van der Waals surface area contributed by atoms with Crippen molar-refractivity contribution >= 4 is 45.8 Å². The quantitative estimate of drug-likeness (QED) is 0.343. The van der Waals surface area contributed by atoms with Crippen molar-refractivity contribution in [3.63, 3.8) is 0 Å². The zero-order valence-corrected chi connectivity index (χ0v) is 16.9. The summed E-state index contributed by atoms with van der Waals surface area (Å²) in [5, 5.41) is 0. The van der Waals surface area contributed by atoms with E-state index in [0.717, 1.165) is 16.6 Å². The van der Waals surface area contributed by atoms with Gasteiger partial charge in [0.1, 0.15) is 0 Å². The number of rotatable bonds is 6. The molecule has 158 valence electrons. The van der Waals surface area contributed by atoms with E-state index in [2.05, 4.69) is 9.97 Å². The van der Waals surface area contributed by atoms with Gasteiger partial charge in [-0.3, -0.25) is 9.59 Å². The van der Waals surface area contributed by atoms with Gasteiger partial charge in [0.15, 0.2) is 0 Å². The summed E-state index contributed by atoms with van der Waals surface area (Å²) in [6.45, 7) is 2.85. The second-order valence-electron chi connectivity index (χ2n) is 7.23. The summed E-state index contributed by atoms with van der Waals surface area (Å²) < 4.78 is 3.69. The Kier molecular flexibility index (Phi) is 4.82. The zero-order valence-electron chi connectivity index (χ0n) is 16.9. The average Bonchev–Trinajstić information content (AvgIpc) is 3.20. The average molecular weight is 418 g/mol. The molecule has 2 amide bonds. The second kappa shape index (κ2) is 7.48. The van der Waals surface area contributed by atoms with Crippen LogP contribution in [0.15, 0.2) is 42.5 Å². The SMILES string of the molecule is Cc1cc(C(N)=O)cc2nc(N)n(C/C=C/Cn3c(N)nc4cc(C(N)=O)ccc43)c12. The first-order chi connectivity index (χ1) is 14.8. The fraction of sp³-hybridized carbons (Fsp3) is 0.143. The predicted octanol–water partition coefficient (Wildman–Crippen LogP) is 1.31. The molecule has 0 aliphatic heterocycles. The Bertz CT molecular complexity index is 1380. The molecule has 0 aliphatic rings. The molecular weight excluding hydrogens is 396 g/mol. The topological polar surface area (TPSA) is 174 Å². The summed E-state index contributed by atoms with van der Waals surface area (Å²) in [5.41, 5.74) is 27.3. The predicted molar refractivity (Wildman–Crippen MR) is 119 cm³/mol. The van der Waals surface area contributed by atoms with E-state index in [9.17, 15) is 9.59 Å². The van der Waals surface area contributed by atoms with Crippen LogP contribution in [0.25, 0.3) is 22.1 Å². The number of aromatic nitrogens is 4. The van der Waals surface area contributed by atoms with Gasteiger partial charge in [-0.25, -0.2) is 9.97 Å². The van der Waals surface area contributed by atoms with Crippen LogP contribution < -0.4 is 22.9 Å². The van der Waals surface area contributed by atoms with Crippen molar-refractivity contribution in [2.24, 2.45) is 11.5 Å². The van der Waals surface area contributed by atoms with Crippen LogP contribution in [-0.2, 0) is 13.1 Å². The molecule has 0 bridgehead atoms. The number of anilines is 2. The highest BCUT2D eigenvalue weighted by Crippen LogP contribution is 2.24. The van der Waals surface area contributed by atoms with Crippen LogP contribution >= 0.6 is 0 Å². The van der Waals surface area contributed by atoms with Crippen molar-refractivity contribution < 1.29 is 9.59 Å². The Morgan fingerprint density at radius 1 is 0.871 bits per heavy atom. The summed E-state index contributed by atoms with van der Waals surface area (Å²) in [7, 11) is 0. The van der Waals surface area contributed by atoms with Crippen LogP contribution in [0.2, 0.25) is 0 Å². The monoisotopic (exact) mass is 418 g/mol. The molecular formula is C21H22N8O2. The first kappa shape index (κ1) is 20.0. The van der Waals surface area contributed by atoms with E-state index in [-0.39, 0.29) is 0 Å². The molecule has 0 unspecified atom stereocenters. The van der Waals surface area contributed by atoms with E-state index in [1.54, 1.807) is 30.3 Å². The van der Waals surface area contributed by atoms with Gasteiger partial charge < -0.3 is 32.1 Å². The highest BCUT2D eigenvalue weighted by atomic mass is 16.1. The van der Waals surface area contributed by atoms with E-state index < -0.39 is 11.8 Å².